The molecule has 0 atom stereocenters. The third-order valence-electron chi connectivity index (χ3n) is 6.59. The number of nitrogens with zero attached hydrogens (tertiary/aromatic N) is 3. The maximum Gasteiger partial charge on any atom is 0.416 e. The molecule has 1 fully saturated rings. The number of piperazine rings is 1. The highest BCUT2D eigenvalue weighted by atomic mass is 32.2. The molecule has 3 aromatic carbocycles. The first-order valence-electron chi connectivity index (χ1n) is 12.5. The van der Waals surface area contributed by atoms with Crippen molar-refractivity contribution >= 4 is 38.0 Å². The van der Waals surface area contributed by atoms with Gasteiger partial charge in [-0.3, -0.25) is 4.98 Å². The predicted octanol–water partition coefficient (Wildman–Crippen LogP) is 5.91. The van der Waals surface area contributed by atoms with Crippen molar-refractivity contribution in [3.8, 4) is 5.75 Å². The van der Waals surface area contributed by atoms with Gasteiger partial charge in [0.2, 0.25) is 10.0 Å². The summed E-state index contributed by atoms with van der Waals surface area (Å²) in [6, 6.07) is 19.2. The Kier molecular flexibility index (Phi) is 7.37. The van der Waals surface area contributed by atoms with Gasteiger partial charge in [0.25, 0.3) is 0 Å². The van der Waals surface area contributed by atoms with Crippen LogP contribution >= 0.6 is 0 Å². The normalized spacial score (nSPS) is 14.9. The molecule has 204 valence electrons. The Balaban J connectivity index is 1.25. The van der Waals surface area contributed by atoms with Crippen molar-refractivity contribution in [2.24, 2.45) is 0 Å². The Bertz CT molecular complexity index is 1550. The fourth-order valence-electron chi connectivity index (χ4n) is 4.55. The molecule has 4 aromatic rings. The molecule has 39 heavy (non-hydrogen) atoms. The molecule has 5 rings (SSSR count). The van der Waals surface area contributed by atoms with E-state index in [4.69, 9.17) is 4.74 Å². The van der Waals surface area contributed by atoms with Crippen molar-refractivity contribution in [2.45, 2.75) is 18.0 Å². The van der Waals surface area contributed by atoms with E-state index in [1.54, 1.807) is 18.2 Å². The number of fused-ring (bicyclic) bond motifs is 1. The van der Waals surface area contributed by atoms with Crippen LogP contribution in [-0.2, 0) is 16.2 Å². The Morgan fingerprint density at radius 2 is 1.62 bits per heavy atom. The summed E-state index contributed by atoms with van der Waals surface area (Å²) in [4.78, 5) is 6.38. The number of anilines is 3. The van der Waals surface area contributed by atoms with Crippen LogP contribution < -0.4 is 15.0 Å². The summed E-state index contributed by atoms with van der Waals surface area (Å²) in [5.74, 6) is 0.799. The number of aromatic nitrogens is 1. The Hall–Kier alpha value is -3.83. The average molecular weight is 557 g/mol. The van der Waals surface area contributed by atoms with Gasteiger partial charge in [-0.25, -0.2) is 8.42 Å². The third kappa shape index (κ3) is 5.79. The lowest BCUT2D eigenvalue weighted by atomic mass is 10.1. The Labute approximate surface area is 224 Å². The molecule has 1 aliphatic rings. The first-order valence-corrected chi connectivity index (χ1v) is 13.9. The maximum atomic E-state index is 13.3. The third-order valence-corrected chi connectivity index (χ3v) is 8.51. The number of ether oxygens (including phenoxy) is 1. The fourth-order valence-corrected chi connectivity index (χ4v) is 5.98. The number of benzene rings is 3. The summed E-state index contributed by atoms with van der Waals surface area (Å²) in [6.07, 6.45) is -3.03. The molecule has 0 spiro atoms. The zero-order valence-electron chi connectivity index (χ0n) is 21.1. The topological polar surface area (TPSA) is 74.8 Å². The predicted molar refractivity (Wildman–Crippen MR) is 145 cm³/mol. The number of sulfonamides is 1. The van der Waals surface area contributed by atoms with Crippen LogP contribution in [0.2, 0.25) is 0 Å². The van der Waals surface area contributed by atoms with Crippen LogP contribution in [0.15, 0.2) is 83.9 Å². The van der Waals surface area contributed by atoms with E-state index in [9.17, 15) is 21.6 Å². The monoisotopic (exact) mass is 556 g/mol. The van der Waals surface area contributed by atoms with E-state index >= 15 is 0 Å². The molecule has 7 nitrogen and oxygen atoms in total. The van der Waals surface area contributed by atoms with Crippen molar-refractivity contribution in [3.63, 3.8) is 0 Å². The minimum absolute atomic E-state index is 0.178. The molecular formula is C28H27F3N4O3S. The van der Waals surface area contributed by atoms with Gasteiger partial charge in [-0.05, 0) is 73.7 Å². The van der Waals surface area contributed by atoms with Crippen molar-refractivity contribution in [3.05, 3.63) is 84.6 Å². The molecule has 1 N–H and O–H groups in total. The average Bonchev–Trinajstić information content (AvgIpc) is 2.93. The smallest absolute Gasteiger partial charge is 0.416 e. The second kappa shape index (κ2) is 10.7. The number of hydrogen-bond acceptors (Lipinski definition) is 6. The molecule has 11 heteroatoms. The first kappa shape index (κ1) is 26.8. The Morgan fingerprint density at radius 1 is 0.923 bits per heavy atom. The lowest BCUT2D eigenvalue weighted by Gasteiger charge is -2.35. The lowest BCUT2D eigenvalue weighted by molar-refractivity contribution is -0.137. The highest BCUT2D eigenvalue weighted by Gasteiger charge is 2.31. The van der Waals surface area contributed by atoms with Crippen molar-refractivity contribution < 1.29 is 26.3 Å². The zero-order chi connectivity index (χ0) is 27.6. The zero-order valence-corrected chi connectivity index (χ0v) is 22.0. The number of halogens is 3. The summed E-state index contributed by atoms with van der Waals surface area (Å²) in [7, 11) is -3.68. The molecule has 1 aliphatic heterocycles. The second-order valence-corrected chi connectivity index (χ2v) is 11.0. The van der Waals surface area contributed by atoms with Gasteiger partial charge in [0.05, 0.1) is 22.6 Å². The molecule has 0 saturated carbocycles. The van der Waals surface area contributed by atoms with Crippen LogP contribution in [0.5, 0.6) is 5.75 Å². The number of pyridine rings is 1. The molecule has 0 amide bonds. The van der Waals surface area contributed by atoms with Gasteiger partial charge in [0.1, 0.15) is 5.75 Å². The first-order chi connectivity index (χ1) is 18.6. The molecular weight excluding hydrogens is 529 g/mol. The quantitative estimate of drug-likeness (QED) is 0.305. The van der Waals surface area contributed by atoms with Crippen molar-refractivity contribution in [2.75, 3.05) is 43.0 Å². The van der Waals surface area contributed by atoms with Crippen LogP contribution in [0.1, 0.15) is 12.5 Å². The highest BCUT2D eigenvalue weighted by Crippen LogP contribution is 2.33. The maximum absolute atomic E-state index is 13.3. The summed E-state index contributed by atoms with van der Waals surface area (Å²) in [5.41, 5.74) is 1.62. The van der Waals surface area contributed by atoms with Crippen LogP contribution in [0, 0.1) is 0 Å². The SMILES string of the molecule is CCOc1ccc(N2CCN(S(=O)(=O)c3ccc(Nc4ccnc5cc(C(F)(F)F)ccc45)cc3)CC2)cc1. The summed E-state index contributed by atoms with van der Waals surface area (Å²) >= 11 is 0. The summed E-state index contributed by atoms with van der Waals surface area (Å²) in [5, 5.41) is 3.67. The van der Waals surface area contributed by atoms with E-state index in [0.717, 1.165) is 23.6 Å². The molecule has 0 unspecified atom stereocenters. The van der Waals surface area contributed by atoms with Gasteiger partial charge in [-0.2, -0.15) is 17.5 Å². The lowest BCUT2D eigenvalue weighted by Crippen LogP contribution is -2.48. The minimum Gasteiger partial charge on any atom is -0.494 e. The summed E-state index contributed by atoms with van der Waals surface area (Å²) < 4.78 is 72.7. The van der Waals surface area contributed by atoms with Crippen LogP contribution in [0.3, 0.4) is 0 Å². The van der Waals surface area contributed by atoms with E-state index in [0.29, 0.717) is 49.5 Å². The molecule has 0 bridgehead atoms. The molecule has 0 radical (unpaired) electrons. The van der Waals surface area contributed by atoms with Gasteiger partial charge in [-0.15, -0.1) is 0 Å². The second-order valence-electron chi connectivity index (χ2n) is 9.06. The van der Waals surface area contributed by atoms with Gasteiger partial charge in [0, 0.05) is 54.8 Å². The van der Waals surface area contributed by atoms with Crippen LogP contribution in [-0.4, -0.2) is 50.5 Å². The van der Waals surface area contributed by atoms with Crippen molar-refractivity contribution in [1.82, 2.24) is 9.29 Å². The standard InChI is InChI=1S/C28H27F3N4O3S/c1-2-38-23-8-6-22(7-9-23)34-15-17-35(18-16-34)39(36,37)24-10-4-21(5-11-24)33-26-13-14-32-27-19-20(28(29,30)31)3-12-25(26)27/h3-14,19H,2,15-18H2,1H3,(H,32,33). The van der Waals surface area contributed by atoms with Crippen LogP contribution in [0.25, 0.3) is 10.9 Å². The van der Waals surface area contributed by atoms with Gasteiger partial charge in [-0.1, -0.05) is 6.07 Å². The van der Waals surface area contributed by atoms with Gasteiger partial charge >= 0.3 is 6.18 Å². The molecule has 1 aromatic heterocycles. The number of hydrogen-bond donors (Lipinski definition) is 1. The molecule has 1 saturated heterocycles. The molecule has 2 heterocycles. The van der Waals surface area contributed by atoms with E-state index < -0.39 is 21.8 Å². The minimum atomic E-state index is -4.46. The highest BCUT2D eigenvalue weighted by molar-refractivity contribution is 7.89. The molecule has 0 aliphatic carbocycles. The number of rotatable bonds is 7. The largest absolute Gasteiger partial charge is 0.494 e. The van der Waals surface area contributed by atoms with E-state index in [1.807, 2.05) is 31.2 Å². The van der Waals surface area contributed by atoms with E-state index in [1.165, 1.54) is 28.7 Å². The van der Waals surface area contributed by atoms with E-state index in [-0.39, 0.29) is 10.4 Å². The van der Waals surface area contributed by atoms with Gasteiger partial charge in [0.15, 0.2) is 0 Å². The van der Waals surface area contributed by atoms with Gasteiger partial charge < -0.3 is 15.0 Å². The van der Waals surface area contributed by atoms with E-state index in [2.05, 4.69) is 15.2 Å². The fraction of sp³-hybridized carbons (Fsp3) is 0.250. The van der Waals surface area contributed by atoms with Crippen LogP contribution in [0.4, 0.5) is 30.2 Å². The van der Waals surface area contributed by atoms with Crippen molar-refractivity contribution in [1.29, 1.82) is 0 Å². The Morgan fingerprint density at radius 3 is 2.26 bits per heavy atom. The number of alkyl halides is 3. The number of nitrogens with one attached hydrogen (secondary N) is 1. The summed E-state index contributed by atoms with van der Waals surface area (Å²) in [6.45, 7) is 4.38.